The molecule has 1 atom stereocenters. The number of nitrogens with zero attached hydrogens (tertiary/aromatic N) is 1. The highest BCUT2D eigenvalue weighted by Crippen LogP contribution is 2.25. The van der Waals surface area contributed by atoms with Crippen LogP contribution in [0.2, 0.25) is 0 Å². The molecule has 1 saturated heterocycles. The Hall–Kier alpha value is -0.910. The summed E-state index contributed by atoms with van der Waals surface area (Å²) >= 11 is 0. The fourth-order valence-electron chi connectivity index (χ4n) is 2.64. The van der Waals surface area contributed by atoms with Crippen LogP contribution in [-0.4, -0.2) is 39.5 Å². The lowest BCUT2D eigenvalue weighted by Gasteiger charge is -2.31. The third kappa shape index (κ3) is 3.22. The number of aryl methyl sites for hydroxylation is 2. The summed E-state index contributed by atoms with van der Waals surface area (Å²) in [6.07, 6.45) is 1.94. The lowest BCUT2D eigenvalue weighted by molar-refractivity contribution is 0.118. The molecule has 2 rings (SSSR count). The summed E-state index contributed by atoms with van der Waals surface area (Å²) in [7, 11) is -1.71. The van der Waals surface area contributed by atoms with Gasteiger partial charge in [0.15, 0.2) is 0 Å². The maximum Gasteiger partial charge on any atom is 0.243 e. The smallest absolute Gasteiger partial charge is 0.243 e. The molecule has 0 spiro atoms. The van der Waals surface area contributed by atoms with Gasteiger partial charge in [-0.25, -0.2) is 8.42 Å². The van der Waals surface area contributed by atoms with Crippen LogP contribution in [0, 0.1) is 19.8 Å². The average molecular weight is 297 g/mol. The third-order valence-electron chi connectivity index (χ3n) is 4.00. The van der Waals surface area contributed by atoms with Crippen LogP contribution in [0.15, 0.2) is 23.1 Å². The Balaban J connectivity index is 2.23. The molecule has 112 valence electrons. The van der Waals surface area contributed by atoms with E-state index in [0.717, 1.165) is 24.0 Å². The van der Waals surface area contributed by atoms with E-state index in [0.29, 0.717) is 30.5 Å². The average Bonchev–Trinajstić information content (AvgIpc) is 2.42. The number of ether oxygens (including phenoxy) is 1. The van der Waals surface area contributed by atoms with Crippen LogP contribution in [0.3, 0.4) is 0 Å². The van der Waals surface area contributed by atoms with Gasteiger partial charge in [0.25, 0.3) is 0 Å². The van der Waals surface area contributed by atoms with E-state index >= 15 is 0 Å². The zero-order valence-corrected chi connectivity index (χ0v) is 13.2. The first kappa shape index (κ1) is 15.5. The molecular formula is C15H23NO3S. The van der Waals surface area contributed by atoms with Gasteiger partial charge in [0.2, 0.25) is 10.0 Å². The van der Waals surface area contributed by atoms with Crippen molar-refractivity contribution in [2.45, 2.75) is 31.6 Å². The second-order valence-electron chi connectivity index (χ2n) is 5.57. The van der Waals surface area contributed by atoms with Gasteiger partial charge in [-0.1, -0.05) is 6.07 Å². The minimum Gasteiger partial charge on any atom is -0.384 e. The standard InChI is InChI=1S/C15H23NO3S/c1-12-6-7-15(9-13(12)2)20(17,18)16-8-4-5-14(10-16)11-19-3/h6-7,9,14H,4-5,8,10-11H2,1-3H3. The quantitative estimate of drug-likeness (QED) is 0.857. The van der Waals surface area contributed by atoms with Crippen LogP contribution in [0.5, 0.6) is 0 Å². The topological polar surface area (TPSA) is 46.6 Å². The van der Waals surface area contributed by atoms with Crippen molar-refractivity contribution in [2.75, 3.05) is 26.8 Å². The van der Waals surface area contributed by atoms with Gasteiger partial charge >= 0.3 is 0 Å². The zero-order valence-electron chi connectivity index (χ0n) is 12.4. The fraction of sp³-hybridized carbons (Fsp3) is 0.600. The van der Waals surface area contributed by atoms with Crippen molar-refractivity contribution in [2.24, 2.45) is 5.92 Å². The molecule has 1 heterocycles. The normalized spacial score (nSPS) is 21.1. The number of methoxy groups -OCH3 is 1. The number of hydrogen-bond acceptors (Lipinski definition) is 3. The van der Waals surface area contributed by atoms with Gasteiger partial charge in [0, 0.05) is 20.2 Å². The summed E-state index contributed by atoms with van der Waals surface area (Å²) < 4.78 is 32.1. The summed E-state index contributed by atoms with van der Waals surface area (Å²) in [6.45, 7) is 5.72. The van der Waals surface area contributed by atoms with Gasteiger partial charge in [-0.05, 0) is 55.9 Å². The molecule has 0 saturated carbocycles. The van der Waals surface area contributed by atoms with Gasteiger partial charge < -0.3 is 4.74 Å². The molecule has 1 aromatic carbocycles. The maximum atomic E-state index is 12.7. The van der Waals surface area contributed by atoms with Gasteiger partial charge in [0.05, 0.1) is 11.5 Å². The first-order chi connectivity index (χ1) is 9.45. The van der Waals surface area contributed by atoms with Crippen LogP contribution in [-0.2, 0) is 14.8 Å². The molecule has 0 amide bonds. The number of hydrogen-bond donors (Lipinski definition) is 0. The Morgan fingerprint density at radius 1 is 1.30 bits per heavy atom. The van der Waals surface area contributed by atoms with Crippen LogP contribution >= 0.6 is 0 Å². The molecule has 0 bridgehead atoms. The van der Waals surface area contributed by atoms with E-state index in [1.54, 1.807) is 23.5 Å². The molecule has 1 unspecified atom stereocenters. The first-order valence-corrected chi connectivity index (χ1v) is 8.45. The van der Waals surface area contributed by atoms with E-state index in [9.17, 15) is 8.42 Å². The lowest BCUT2D eigenvalue weighted by atomic mass is 10.0. The minimum absolute atomic E-state index is 0.301. The second-order valence-corrected chi connectivity index (χ2v) is 7.51. The van der Waals surface area contributed by atoms with Crippen molar-refractivity contribution in [1.29, 1.82) is 0 Å². The highest BCUT2D eigenvalue weighted by Gasteiger charge is 2.30. The highest BCUT2D eigenvalue weighted by atomic mass is 32.2. The monoisotopic (exact) mass is 297 g/mol. The molecule has 5 heteroatoms. The summed E-state index contributed by atoms with van der Waals surface area (Å²) in [5, 5.41) is 0. The minimum atomic E-state index is -3.37. The molecule has 1 fully saturated rings. The fourth-order valence-corrected chi connectivity index (χ4v) is 4.28. The van der Waals surface area contributed by atoms with Crippen LogP contribution in [0.1, 0.15) is 24.0 Å². The molecular weight excluding hydrogens is 274 g/mol. The molecule has 1 aliphatic rings. The van der Waals surface area contributed by atoms with E-state index in [4.69, 9.17) is 4.74 Å². The van der Waals surface area contributed by atoms with Gasteiger partial charge in [-0.2, -0.15) is 4.31 Å². The molecule has 0 aliphatic carbocycles. The van der Waals surface area contributed by atoms with Gasteiger partial charge in [0.1, 0.15) is 0 Å². The van der Waals surface area contributed by atoms with Crippen molar-refractivity contribution in [3.63, 3.8) is 0 Å². The summed E-state index contributed by atoms with van der Waals surface area (Å²) in [5.74, 6) is 0.301. The molecule has 0 aromatic heterocycles. The van der Waals surface area contributed by atoms with Crippen LogP contribution in [0.4, 0.5) is 0 Å². The largest absolute Gasteiger partial charge is 0.384 e. The lowest BCUT2D eigenvalue weighted by Crippen LogP contribution is -2.41. The zero-order chi connectivity index (χ0) is 14.8. The first-order valence-electron chi connectivity index (χ1n) is 7.01. The number of benzene rings is 1. The number of sulfonamides is 1. The third-order valence-corrected chi connectivity index (χ3v) is 5.86. The van der Waals surface area contributed by atoms with E-state index in [1.807, 2.05) is 19.9 Å². The second kappa shape index (κ2) is 6.24. The van der Waals surface area contributed by atoms with E-state index in [1.165, 1.54) is 0 Å². The predicted molar refractivity (Wildman–Crippen MR) is 79.3 cm³/mol. The summed E-state index contributed by atoms with van der Waals surface area (Å²) in [4.78, 5) is 0.402. The van der Waals surface area contributed by atoms with E-state index in [-0.39, 0.29) is 0 Å². The molecule has 0 N–H and O–H groups in total. The molecule has 1 aromatic rings. The Bertz CT molecular complexity index is 566. The van der Waals surface area contributed by atoms with Crippen molar-refractivity contribution >= 4 is 10.0 Å². The molecule has 20 heavy (non-hydrogen) atoms. The number of piperidine rings is 1. The molecule has 4 nitrogen and oxygen atoms in total. The Morgan fingerprint density at radius 3 is 2.70 bits per heavy atom. The van der Waals surface area contributed by atoms with Crippen molar-refractivity contribution in [3.8, 4) is 0 Å². The molecule has 1 aliphatic heterocycles. The van der Waals surface area contributed by atoms with Gasteiger partial charge in [-0.15, -0.1) is 0 Å². The SMILES string of the molecule is COCC1CCCN(S(=O)(=O)c2ccc(C)c(C)c2)C1. The molecule has 0 radical (unpaired) electrons. The van der Waals surface area contributed by atoms with Crippen molar-refractivity contribution in [1.82, 2.24) is 4.31 Å². The summed E-state index contributed by atoms with van der Waals surface area (Å²) in [6, 6.07) is 5.35. The number of rotatable bonds is 4. The Labute approximate surface area is 121 Å². The Kier molecular flexibility index (Phi) is 4.83. The van der Waals surface area contributed by atoms with Crippen LogP contribution in [0.25, 0.3) is 0 Å². The highest BCUT2D eigenvalue weighted by molar-refractivity contribution is 7.89. The Morgan fingerprint density at radius 2 is 2.05 bits per heavy atom. The van der Waals surface area contributed by atoms with E-state index in [2.05, 4.69) is 0 Å². The summed E-state index contributed by atoms with van der Waals surface area (Å²) in [5.41, 5.74) is 2.12. The van der Waals surface area contributed by atoms with Crippen LogP contribution < -0.4 is 0 Å². The van der Waals surface area contributed by atoms with Crippen molar-refractivity contribution < 1.29 is 13.2 Å². The van der Waals surface area contributed by atoms with E-state index < -0.39 is 10.0 Å². The predicted octanol–water partition coefficient (Wildman–Crippen LogP) is 2.35. The van der Waals surface area contributed by atoms with Gasteiger partial charge in [-0.3, -0.25) is 0 Å². The van der Waals surface area contributed by atoms with Crippen molar-refractivity contribution in [3.05, 3.63) is 29.3 Å². The maximum absolute atomic E-state index is 12.7.